The molecule has 5 aliphatic rings. The van der Waals surface area contributed by atoms with Crippen LogP contribution in [0.2, 0.25) is 0 Å². The fourth-order valence-corrected chi connectivity index (χ4v) is 13.9. The number of oxazole rings is 1. The fraction of sp³-hybridized carbons (Fsp3) is 0.791. The van der Waals surface area contributed by atoms with Crippen molar-refractivity contribution in [2.45, 2.75) is 152 Å². The van der Waals surface area contributed by atoms with Gasteiger partial charge in [-0.15, -0.1) is 0 Å². The van der Waals surface area contributed by atoms with E-state index < -0.39 is 11.4 Å². The van der Waals surface area contributed by atoms with Crippen molar-refractivity contribution >= 4 is 11.9 Å². The second-order valence-electron chi connectivity index (χ2n) is 19.8. The summed E-state index contributed by atoms with van der Waals surface area (Å²) in [7, 11) is 0. The van der Waals surface area contributed by atoms with E-state index in [2.05, 4.69) is 65.0 Å². The first-order valence-corrected chi connectivity index (χ1v) is 19.6. The van der Waals surface area contributed by atoms with Crippen molar-refractivity contribution in [3.63, 3.8) is 0 Å². The summed E-state index contributed by atoms with van der Waals surface area (Å²) in [6.07, 6.45) is 16.2. The number of nitrogens with one attached hydrogen (secondary N) is 1. The van der Waals surface area contributed by atoms with Gasteiger partial charge in [-0.05, 0) is 128 Å². The van der Waals surface area contributed by atoms with Crippen LogP contribution in [0, 0.1) is 62.1 Å². The summed E-state index contributed by atoms with van der Waals surface area (Å²) in [4.78, 5) is 29.2. The molecule has 6 rings (SSSR count). The molecule has 0 aromatic carbocycles. The summed E-state index contributed by atoms with van der Waals surface area (Å²) < 4.78 is 12.1. The average molecular weight is 691 g/mol. The smallest absolute Gasteiger partial charge is 0.303 e. The van der Waals surface area contributed by atoms with Gasteiger partial charge in [0.2, 0.25) is 11.8 Å². The predicted molar refractivity (Wildman–Crippen MR) is 197 cm³/mol. The Hall–Kier alpha value is -2.57. The van der Waals surface area contributed by atoms with Crippen molar-refractivity contribution in [2.24, 2.45) is 62.1 Å². The maximum atomic E-state index is 13.6. The van der Waals surface area contributed by atoms with Gasteiger partial charge in [0, 0.05) is 18.3 Å². The lowest BCUT2D eigenvalue weighted by molar-refractivity contribution is -0.249. The van der Waals surface area contributed by atoms with E-state index in [1.54, 1.807) is 12.5 Å². The van der Waals surface area contributed by atoms with Crippen LogP contribution in [0.25, 0.3) is 0 Å². The van der Waals surface area contributed by atoms with Crippen LogP contribution < -0.4 is 5.32 Å². The van der Waals surface area contributed by atoms with Gasteiger partial charge in [-0.1, -0.05) is 67.2 Å². The molecular weight excluding hydrogens is 624 g/mol. The van der Waals surface area contributed by atoms with Gasteiger partial charge in [0.15, 0.2) is 0 Å². The second-order valence-corrected chi connectivity index (χ2v) is 19.8. The molecule has 5 fully saturated rings. The maximum Gasteiger partial charge on any atom is 0.303 e. The first kappa shape index (κ1) is 37.2. The normalized spacial score (nSPS) is 40.4. The van der Waals surface area contributed by atoms with Crippen LogP contribution in [0.4, 0.5) is 0 Å². The van der Waals surface area contributed by atoms with E-state index in [0.29, 0.717) is 54.9 Å². The van der Waals surface area contributed by atoms with Crippen LogP contribution in [-0.2, 0) is 20.9 Å². The van der Waals surface area contributed by atoms with Crippen molar-refractivity contribution in [1.29, 1.82) is 0 Å². The van der Waals surface area contributed by atoms with Crippen LogP contribution in [0.5, 0.6) is 0 Å². The molecule has 0 bridgehead atoms. The van der Waals surface area contributed by atoms with Crippen molar-refractivity contribution < 1.29 is 23.8 Å². The molecule has 0 aliphatic heterocycles. The topological polar surface area (TPSA) is 102 Å². The van der Waals surface area contributed by atoms with E-state index in [0.717, 1.165) is 37.9 Å². The van der Waals surface area contributed by atoms with E-state index >= 15 is 0 Å². The Morgan fingerprint density at radius 3 is 2.36 bits per heavy atom. The number of allylic oxidation sites excluding steroid dienone is 2. The molecule has 4 unspecified atom stereocenters. The molecule has 0 radical (unpaired) electrons. The number of rotatable bonds is 11. The second kappa shape index (κ2) is 12.8. The number of carboxylic acid groups (broad SMARTS) is 1. The van der Waals surface area contributed by atoms with Gasteiger partial charge < -0.3 is 19.6 Å². The first-order chi connectivity index (χ1) is 23.3. The van der Waals surface area contributed by atoms with Crippen LogP contribution in [0.1, 0.15) is 145 Å². The molecule has 0 saturated heterocycles. The van der Waals surface area contributed by atoms with Crippen molar-refractivity contribution in [3.05, 3.63) is 42.8 Å². The van der Waals surface area contributed by atoms with E-state index in [4.69, 9.17) is 9.15 Å². The lowest BCUT2D eigenvalue weighted by Crippen LogP contribution is -2.66. The molecule has 10 atom stereocenters. The summed E-state index contributed by atoms with van der Waals surface area (Å²) in [6.45, 7) is 28.2. The standard InChI is InChI=1S/C43H66N2O5/c1-27(2)29-13-18-43(24-34(46)45-26-35-44-21-22-49-35)20-19-41(9)30(37(29)43)11-12-32-40(8)16-15-33(39(6,7)31(40)14-17-42(32,41)10)50-28(3)23-38(4,5)25-36(47)48/h21-22,29-33,37H,1,3,11-20,23-26H2,2,4-10H3,(H,45,46)(H,47,48)/t29?,30-,31?,32?,33+,37?,40+,41-,42-,43-/m1/s1. The van der Waals surface area contributed by atoms with Gasteiger partial charge in [-0.3, -0.25) is 9.59 Å². The number of carbonyl (C=O) groups is 2. The van der Waals surface area contributed by atoms with Gasteiger partial charge in [-0.25, -0.2) is 4.98 Å². The Morgan fingerprint density at radius 1 is 0.960 bits per heavy atom. The monoisotopic (exact) mass is 690 g/mol. The van der Waals surface area contributed by atoms with E-state index in [1.807, 2.05) is 13.8 Å². The number of hydrogen-bond acceptors (Lipinski definition) is 5. The molecule has 7 heteroatoms. The van der Waals surface area contributed by atoms with E-state index in [1.165, 1.54) is 37.7 Å². The molecule has 2 N–H and O–H groups in total. The highest BCUT2D eigenvalue weighted by atomic mass is 16.5. The summed E-state index contributed by atoms with van der Waals surface area (Å²) in [5.74, 6) is 3.39. The number of hydrogen-bond donors (Lipinski definition) is 2. The molecular formula is C43H66N2O5. The van der Waals surface area contributed by atoms with Gasteiger partial charge in [0.25, 0.3) is 0 Å². The molecule has 1 amide bonds. The molecule has 0 spiro atoms. The Bertz CT molecular complexity index is 1480. The van der Waals surface area contributed by atoms with Crippen LogP contribution in [0.15, 0.2) is 41.4 Å². The van der Waals surface area contributed by atoms with Gasteiger partial charge in [-0.2, -0.15) is 0 Å². The van der Waals surface area contributed by atoms with Crippen LogP contribution in [-0.4, -0.2) is 28.1 Å². The Labute approximate surface area is 301 Å². The number of nitrogens with zero attached hydrogens (tertiary/aromatic N) is 1. The van der Waals surface area contributed by atoms with Crippen molar-refractivity contribution in [2.75, 3.05) is 0 Å². The minimum absolute atomic E-state index is 0.0112. The molecule has 7 nitrogen and oxygen atoms in total. The largest absolute Gasteiger partial charge is 0.495 e. The van der Waals surface area contributed by atoms with Crippen LogP contribution in [0.3, 0.4) is 0 Å². The first-order valence-electron chi connectivity index (χ1n) is 19.6. The third-order valence-corrected chi connectivity index (χ3v) is 16.2. The zero-order valence-electron chi connectivity index (χ0n) is 32.5. The number of amides is 1. The Balaban J connectivity index is 1.22. The van der Waals surface area contributed by atoms with E-state index in [9.17, 15) is 14.7 Å². The predicted octanol–water partition coefficient (Wildman–Crippen LogP) is 10.1. The zero-order chi connectivity index (χ0) is 36.5. The van der Waals surface area contributed by atoms with Gasteiger partial charge in [0.05, 0.1) is 24.9 Å². The van der Waals surface area contributed by atoms with Gasteiger partial charge >= 0.3 is 5.97 Å². The number of carboxylic acids is 1. The minimum Gasteiger partial charge on any atom is -0.495 e. The van der Waals surface area contributed by atoms with Gasteiger partial charge in [0.1, 0.15) is 12.4 Å². The number of aliphatic carboxylic acids is 1. The molecule has 5 aliphatic carbocycles. The highest BCUT2D eigenvalue weighted by molar-refractivity contribution is 5.76. The number of fused-ring (bicyclic) bond motifs is 7. The number of carbonyl (C=O) groups excluding carboxylic acids is 1. The zero-order valence-corrected chi connectivity index (χ0v) is 32.5. The SMILES string of the molecule is C=C(CC(C)(C)CC(=O)O)O[C@H]1CC[C@@]2(C)C(CC[C@]3(C)C2CC[C@@H]2C4C(C(=C)C)CC[C@]4(CC(=O)NCc4ncco4)CC[C@]23C)C1(C)C. The highest BCUT2D eigenvalue weighted by Gasteiger charge is 2.71. The fourth-order valence-electron chi connectivity index (χ4n) is 13.9. The molecule has 1 heterocycles. The minimum atomic E-state index is -0.777. The molecule has 1 aromatic rings. The molecule has 5 saturated carbocycles. The van der Waals surface area contributed by atoms with Crippen molar-refractivity contribution in [3.8, 4) is 0 Å². The average Bonchev–Trinajstić information content (AvgIpc) is 3.65. The number of ether oxygens (including phenoxy) is 1. The highest BCUT2D eigenvalue weighted by Crippen LogP contribution is 2.78. The summed E-state index contributed by atoms with van der Waals surface area (Å²) in [6, 6.07) is 0. The molecule has 278 valence electrons. The van der Waals surface area contributed by atoms with E-state index in [-0.39, 0.29) is 45.5 Å². The quantitative estimate of drug-likeness (QED) is 0.177. The van der Waals surface area contributed by atoms with Crippen LogP contribution >= 0.6 is 0 Å². The Morgan fingerprint density at radius 2 is 1.70 bits per heavy atom. The number of aromatic nitrogens is 1. The third kappa shape index (κ3) is 6.08. The maximum absolute atomic E-state index is 13.6. The lowest BCUT2D eigenvalue weighted by atomic mass is 9.32. The summed E-state index contributed by atoms with van der Waals surface area (Å²) >= 11 is 0. The molecule has 50 heavy (non-hydrogen) atoms. The summed E-state index contributed by atoms with van der Waals surface area (Å²) in [5, 5.41) is 12.6. The molecule has 1 aromatic heterocycles. The summed E-state index contributed by atoms with van der Waals surface area (Å²) in [5.41, 5.74) is 1.60. The van der Waals surface area contributed by atoms with Crippen molar-refractivity contribution in [1.82, 2.24) is 10.3 Å². The lowest BCUT2D eigenvalue weighted by Gasteiger charge is -2.73. The third-order valence-electron chi connectivity index (χ3n) is 16.2. The Kier molecular flexibility index (Phi) is 9.54.